The van der Waals surface area contributed by atoms with E-state index in [1.807, 2.05) is 4.57 Å². The first-order valence-corrected chi connectivity index (χ1v) is 9.86. The molecule has 1 saturated carbocycles. The molecule has 0 bridgehead atoms. The third-order valence-corrected chi connectivity index (χ3v) is 6.24. The topological polar surface area (TPSA) is 52.0 Å². The van der Waals surface area contributed by atoms with Crippen LogP contribution >= 0.6 is 0 Å². The van der Waals surface area contributed by atoms with Crippen LogP contribution in [0.3, 0.4) is 0 Å². The number of nitrogens with zero attached hydrogens (tertiary/aromatic N) is 3. The van der Waals surface area contributed by atoms with Gasteiger partial charge in [0.1, 0.15) is 12.7 Å². The number of rotatable bonds is 5. The van der Waals surface area contributed by atoms with E-state index in [0.29, 0.717) is 6.54 Å². The highest BCUT2D eigenvalue weighted by molar-refractivity contribution is 4.89. The van der Waals surface area contributed by atoms with Gasteiger partial charge in [0.2, 0.25) is 0 Å². The van der Waals surface area contributed by atoms with E-state index in [1.54, 1.807) is 19.6 Å². The molecule has 1 N–H and O–H groups in total. The Bertz CT molecular complexity index is 605. The molecule has 2 unspecified atom stereocenters. The van der Waals surface area contributed by atoms with Crippen LogP contribution in [0.25, 0.3) is 0 Å². The zero-order valence-electron chi connectivity index (χ0n) is 16.1. The van der Waals surface area contributed by atoms with E-state index in [0.717, 1.165) is 12.8 Å². The van der Waals surface area contributed by atoms with Crippen LogP contribution in [0.2, 0.25) is 0 Å². The van der Waals surface area contributed by atoms with E-state index >= 15 is 0 Å². The SMILES string of the molecule is C[C@@H](OC[C@@H]1CC[C@H](n2cnnc2)CN1)C1CC(C(F)(F)F)CC(C(F)(F)F)C1. The molecule has 0 amide bonds. The van der Waals surface area contributed by atoms with E-state index in [-0.39, 0.29) is 31.5 Å². The third-order valence-electron chi connectivity index (χ3n) is 6.24. The fourth-order valence-electron chi connectivity index (χ4n) is 4.38. The Morgan fingerprint density at radius 1 is 1.00 bits per heavy atom. The van der Waals surface area contributed by atoms with Crippen LogP contribution in [0.1, 0.15) is 45.1 Å². The van der Waals surface area contributed by atoms with E-state index in [1.165, 1.54) is 0 Å². The first-order valence-electron chi connectivity index (χ1n) is 9.86. The van der Waals surface area contributed by atoms with Crippen molar-refractivity contribution in [2.75, 3.05) is 13.2 Å². The second-order valence-electron chi connectivity index (χ2n) is 8.23. The molecule has 11 heteroatoms. The molecule has 1 saturated heterocycles. The monoisotopic (exact) mass is 428 g/mol. The number of aromatic nitrogens is 3. The smallest absolute Gasteiger partial charge is 0.377 e. The number of nitrogens with one attached hydrogen (secondary N) is 1. The second kappa shape index (κ2) is 8.79. The van der Waals surface area contributed by atoms with Crippen molar-refractivity contribution >= 4 is 0 Å². The fraction of sp³-hybridized carbons (Fsp3) is 0.889. The number of hydrogen-bond donors (Lipinski definition) is 1. The predicted molar refractivity (Wildman–Crippen MR) is 91.9 cm³/mol. The maximum atomic E-state index is 13.1. The lowest BCUT2D eigenvalue weighted by Crippen LogP contribution is -2.44. The first kappa shape index (κ1) is 22.3. The van der Waals surface area contributed by atoms with Crippen molar-refractivity contribution in [3.05, 3.63) is 12.7 Å². The van der Waals surface area contributed by atoms with Gasteiger partial charge in [-0.3, -0.25) is 0 Å². The molecule has 5 nitrogen and oxygen atoms in total. The maximum absolute atomic E-state index is 13.1. The summed E-state index contributed by atoms with van der Waals surface area (Å²) < 4.78 is 86.5. The molecule has 166 valence electrons. The van der Waals surface area contributed by atoms with Gasteiger partial charge in [0.05, 0.1) is 24.5 Å². The molecule has 1 aliphatic carbocycles. The molecule has 1 aromatic rings. The summed E-state index contributed by atoms with van der Waals surface area (Å²) in [5.41, 5.74) is 0. The number of alkyl halides is 6. The predicted octanol–water partition coefficient (Wildman–Crippen LogP) is 4.13. The van der Waals surface area contributed by atoms with Gasteiger partial charge in [-0.05, 0) is 44.9 Å². The Balaban J connectivity index is 1.50. The van der Waals surface area contributed by atoms with Crippen molar-refractivity contribution in [2.45, 2.75) is 69.6 Å². The minimum absolute atomic E-state index is 0.0191. The Morgan fingerprint density at radius 3 is 2.07 bits per heavy atom. The molecular weight excluding hydrogens is 402 g/mol. The van der Waals surface area contributed by atoms with Gasteiger partial charge >= 0.3 is 12.4 Å². The van der Waals surface area contributed by atoms with Gasteiger partial charge in [0.15, 0.2) is 0 Å². The Kier molecular flexibility index (Phi) is 6.77. The summed E-state index contributed by atoms with van der Waals surface area (Å²) in [6, 6.07) is 0.239. The van der Waals surface area contributed by atoms with Crippen LogP contribution in [-0.4, -0.2) is 52.4 Å². The molecule has 0 aromatic carbocycles. The van der Waals surface area contributed by atoms with Gasteiger partial charge in [0.25, 0.3) is 0 Å². The van der Waals surface area contributed by atoms with E-state index in [4.69, 9.17) is 4.74 Å². The highest BCUT2D eigenvalue weighted by Crippen LogP contribution is 2.48. The fourth-order valence-corrected chi connectivity index (χ4v) is 4.38. The molecule has 0 radical (unpaired) electrons. The number of piperidine rings is 1. The van der Waals surface area contributed by atoms with Crippen molar-refractivity contribution in [1.29, 1.82) is 0 Å². The number of halogens is 6. The van der Waals surface area contributed by atoms with Gasteiger partial charge in [-0.2, -0.15) is 26.3 Å². The van der Waals surface area contributed by atoms with Crippen LogP contribution in [0.5, 0.6) is 0 Å². The van der Waals surface area contributed by atoms with Gasteiger partial charge in [-0.25, -0.2) is 0 Å². The average molecular weight is 428 g/mol. The maximum Gasteiger partial charge on any atom is 0.391 e. The van der Waals surface area contributed by atoms with E-state index in [2.05, 4.69) is 15.5 Å². The zero-order valence-corrected chi connectivity index (χ0v) is 16.1. The highest BCUT2D eigenvalue weighted by Gasteiger charge is 2.52. The van der Waals surface area contributed by atoms with Crippen molar-refractivity contribution in [3.8, 4) is 0 Å². The summed E-state index contributed by atoms with van der Waals surface area (Å²) in [6.45, 7) is 2.52. The molecule has 0 spiro atoms. The third kappa shape index (κ3) is 5.84. The second-order valence-corrected chi connectivity index (χ2v) is 8.23. The molecule has 5 atom stereocenters. The van der Waals surface area contributed by atoms with Gasteiger partial charge in [-0.1, -0.05) is 0 Å². The van der Waals surface area contributed by atoms with Gasteiger partial charge in [0, 0.05) is 18.6 Å². The summed E-state index contributed by atoms with van der Waals surface area (Å²) in [4.78, 5) is 0. The Morgan fingerprint density at radius 2 is 1.59 bits per heavy atom. The van der Waals surface area contributed by atoms with Gasteiger partial charge < -0.3 is 14.6 Å². The molecule has 2 aliphatic rings. The van der Waals surface area contributed by atoms with E-state index in [9.17, 15) is 26.3 Å². The summed E-state index contributed by atoms with van der Waals surface area (Å²) in [5, 5.41) is 10.9. The molecule has 3 rings (SSSR count). The summed E-state index contributed by atoms with van der Waals surface area (Å²) in [5.74, 6) is -4.64. The van der Waals surface area contributed by atoms with Crippen LogP contribution in [0, 0.1) is 17.8 Å². The minimum atomic E-state index is -4.62. The normalized spacial score (nSPS) is 32.9. The van der Waals surface area contributed by atoms with Crippen molar-refractivity contribution in [2.24, 2.45) is 17.8 Å². The van der Waals surface area contributed by atoms with Crippen LogP contribution < -0.4 is 5.32 Å². The molecule has 1 aromatic heterocycles. The molecule has 1 aliphatic heterocycles. The summed E-state index contributed by atoms with van der Waals surface area (Å²) in [7, 11) is 0. The Labute approximate surface area is 165 Å². The quantitative estimate of drug-likeness (QED) is 0.717. The minimum Gasteiger partial charge on any atom is -0.377 e. The van der Waals surface area contributed by atoms with Crippen LogP contribution in [0.15, 0.2) is 12.7 Å². The number of hydrogen-bond acceptors (Lipinski definition) is 4. The van der Waals surface area contributed by atoms with Crippen LogP contribution in [-0.2, 0) is 4.74 Å². The first-order chi connectivity index (χ1) is 13.5. The molecule has 29 heavy (non-hydrogen) atoms. The standard InChI is InChI=1S/C18H26F6N4O/c1-11(12-4-13(17(19,20)21)6-14(5-12)18(22,23)24)29-8-15-2-3-16(7-25-15)28-9-26-27-10-28/h9-16,25H,2-8H2,1H3/t11-,12?,13?,14?,15+,16+/m1/s1. The average Bonchev–Trinajstić information content (AvgIpc) is 3.19. The number of ether oxygens (including phenoxy) is 1. The lowest BCUT2D eigenvalue weighted by molar-refractivity contribution is -0.233. The van der Waals surface area contributed by atoms with Gasteiger partial charge in [-0.15, -0.1) is 10.2 Å². The summed E-state index contributed by atoms with van der Waals surface area (Å²) in [6.07, 6.45) is -6.48. The molecular formula is C18H26F6N4O. The van der Waals surface area contributed by atoms with Crippen molar-refractivity contribution in [1.82, 2.24) is 20.1 Å². The zero-order chi connectivity index (χ0) is 21.2. The largest absolute Gasteiger partial charge is 0.391 e. The highest BCUT2D eigenvalue weighted by atomic mass is 19.4. The van der Waals surface area contributed by atoms with Crippen molar-refractivity contribution < 1.29 is 31.1 Å². The summed E-state index contributed by atoms with van der Waals surface area (Å²) >= 11 is 0. The van der Waals surface area contributed by atoms with E-state index < -0.39 is 42.6 Å². The molecule has 2 fully saturated rings. The molecule has 2 heterocycles. The lowest BCUT2D eigenvalue weighted by Gasteiger charge is -2.39. The lowest BCUT2D eigenvalue weighted by atomic mass is 9.72. The van der Waals surface area contributed by atoms with Crippen LogP contribution in [0.4, 0.5) is 26.3 Å². The Hall–Kier alpha value is -1.36. The van der Waals surface area contributed by atoms with Crippen molar-refractivity contribution in [3.63, 3.8) is 0 Å².